The van der Waals surface area contributed by atoms with Gasteiger partial charge in [-0.3, -0.25) is 4.79 Å². The van der Waals surface area contributed by atoms with Gasteiger partial charge in [0, 0.05) is 6.42 Å². The molecule has 15 heavy (non-hydrogen) atoms. The van der Waals surface area contributed by atoms with Gasteiger partial charge < -0.3 is 4.74 Å². The van der Waals surface area contributed by atoms with E-state index in [4.69, 9.17) is 4.74 Å². The first-order valence-electron chi connectivity index (χ1n) is 6.51. The molecule has 1 aliphatic carbocycles. The molecule has 0 radical (unpaired) electrons. The summed E-state index contributed by atoms with van der Waals surface area (Å²) in [6.45, 7) is 0.700. The van der Waals surface area contributed by atoms with Crippen LogP contribution < -0.4 is 0 Å². The van der Waals surface area contributed by atoms with E-state index in [9.17, 15) is 4.79 Å². The fourth-order valence-corrected chi connectivity index (χ4v) is 2.52. The van der Waals surface area contributed by atoms with Crippen LogP contribution in [0.2, 0.25) is 0 Å². The molecule has 1 saturated heterocycles. The lowest BCUT2D eigenvalue weighted by Crippen LogP contribution is -2.24. The van der Waals surface area contributed by atoms with Crippen molar-refractivity contribution < 1.29 is 9.53 Å². The molecule has 2 rings (SSSR count). The second kappa shape index (κ2) is 5.11. The lowest BCUT2D eigenvalue weighted by molar-refractivity contribution is -0.124. The maximum Gasteiger partial charge on any atom is 0.167 e. The molecule has 1 unspecified atom stereocenters. The molecule has 0 N–H and O–H groups in total. The minimum Gasteiger partial charge on any atom is -0.361 e. The number of hydrogen-bond donors (Lipinski definition) is 0. The minimum absolute atomic E-state index is 0.306. The number of hydrogen-bond acceptors (Lipinski definition) is 2. The molecule has 0 aromatic rings. The summed E-state index contributed by atoms with van der Waals surface area (Å²) in [6.07, 6.45) is 11.9. The van der Waals surface area contributed by atoms with Crippen LogP contribution in [0.25, 0.3) is 0 Å². The van der Waals surface area contributed by atoms with Crippen LogP contribution in [0.5, 0.6) is 0 Å². The molecule has 0 aromatic heterocycles. The number of rotatable bonds is 0. The van der Waals surface area contributed by atoms with Gasteiger partial charge in [-0.05, 0) is 12.8 Å². The third-order valence-electron chi connectivity index (χ3n) is 3.74. The summed E-state index contributed by atoms with van der Waals surface area (Å²) in [5.74, 6) is 0.378. The fraction of sp³-hybridized carbons (Fsp3) is 0.923. The number of carbonyl (C=O) groups excluding carboxylic acids is 1. The largest absolute Gasteiger partial charge is 0.361 e. The Balaban J connectivity index is 1.83. The molecular weight excluding hydrogens is 188 g/mol. The molecule has 2 aliphatic rings. The minimum atomic E-state index is -0.306. The van der Waals surface area contributed by atoms with Crippen molar-refractivity contribution in [2.75, 3.05) is 6.61 Å². The lowest BCUT2D eigenvalue weighted by atomic mass is 9.92. The van der Waals surface area contributed by atoms with E-state index in [1.165, 1.54) is 44.9 Å². The Hall–Kier alpha value is -0.370. The highest BCUT2D eigenvalue weighted by atomic mass is 16.6. The van der Waals surface area contributed by atoms with Gasteiger partial charge in [-0.2, -0.15) is 0 Å². The summed E-state index contributed by atoms with van der Waals surface area (Å²) in [6, 6.07) is 0. The van der Waals surface area contributed by atoms with Crippen molar-refractivity contribution >= 4 is 5.78 Å². The van der Waals surface area contributed by atoms with E-state index in [-0.39, 0.29) is 5.60 Å². The van der Waals surface area contributed by atoms with Crippen LogP contribution in [0, 0.1) is 0 Å². The van der Waals surface area contributed by atoms with Crippen molar-refractivity contribution in [3.05, 3.63) is 0 Å². The van der Waals surface area contributed by atoms with E-state index in [0.29, 0.717) is 12.4 Å². The van der Waals surface area contributed by atoms with Gasteiger partial charge in [0.2, 0.25) is 0 Å². The normalized spacial score (nSPS) is 34.5. The number of ketones is 1. The fourth-order valence-electron chi connectivity index (χ4n) is 2.52. The Morgan fingerprint density at radius 2 is 1.40 bits per heavy atom. The maximum atomic E-state index is 11.9. The summed E-state index contributed by atoms with van der Waals surface area (Å²) in [5.41, 5.74) is -0.306. The Bertz CT molecular complexity index is 219. The number of Topliss-reactive ketones (excluding diaryl/α,β-unsaturated/α-hetero) is 1. The number of carbonyl (C=O) groups is 1. The molecule has 2 nitrogen and oxygen atoms in total. The second-order valence-corrected chi connectivity index (χ2v) is 5.03. The van der Waals surface area contributed by atoms with Gasteiger partial charge in [-0.25, -0.2) is 0 Å². The van der Waals surface area contributed by atoms with Crippen LogP contribution in [0.4, 0.5) is 0 Å². The molecule has 1 heterocycles. The summed E-state index contributed by atoms with van der Waals surface area (Å²) >= 11 is 0. The van der Waals surface area contributed by atoms with Crippen LogP contribution in [0.15, 0.2) is 0 Å². The van der Waals surface area contributed by atoms with Crippen LogP contribution >= 0.6 is 0 Å². The zero-order valence-electron chi connectivity index (χ0n) is 9.59. The maximum absolute atomic E-state index is 11.9. The predicted octanol–water partition coefficient (Wildman–Crippen LogP) is 3.24. The molecule has 0 bridgehead atoms. The van der Waals surface area contributed by atoms with Gasteiger partial charge in [-0.15, -0.1) is 0 Å². The summed E-state index contributed by atoms with van der Waals surface area (Å²) in [4.78, 5) is 11.9. The SMILES string of the molecule is O=C1CCCCCCCCCCC12CO2. The van der Waals surface area contributed by atoms with E-state index in [1.807, 2.05) is 0 Å². The van der Waals surface area contributed by atoms with Gasteiger partial charge in [0.15, 0.2) is 5.78 Å². The standard InChI is InChI=1S/C13H22O2/c14-12-9-7-5-3-1-2-4-6-8-10-13(12)11-15-13/h1-11H2. The molecule has 2 fully saturated rings. The molecule has 1 spiro atoms. The van der Waals surface area contributed by atoms with E-state index < -0.39 is 0 Å². The van der Waals surface area contributed by atoms with Gasteiger partial charge in [0.1, 0.15) is 5.60 Å². The molecule has 2 heteroatoms. The Morgan fingerprint density at radius 3 is 2.00 bits per heavy atom. The van der Waals surface area contributed by atoms with Gasteiger partial charge in [0.25, 0.3) is 0 Å². The summed E-state index contributed by atoms with van der Waals surface area (Å²) in [7, 11) is 0. The third kappa shape index (κ3) is 3.04. The molecular formula is C13H22O2. The van der Waals surface area contributed by atoms with Crippen molar-refractivity contribution in [3.8, 4) is 0 Å². The average molecular weight is 210 g/mol. The highest BCUT2D eigenvalue weighted by molar-refractivity contribution is 5.89. The van der Waals surface area contributed by atoms with Gasteiger partial charge in [-0.1, -0.05) is 44.9 Å². The van der Waals surface area contributed by atoms with Gasteiger partial charge in [0.05, 0.1) is 6.61 Å². The van der Waals surface area contributed by atoms with E-state index >= 15 is 0 Å². The second-order valence-electron chi connectivity index (χ2n) is 5.03. The van der Waals surface area contributed by atoms with E-state index in [0.717, 1.165) is 19.3 Å². The van der Waals surface area contributed by atoms with E-state index in [1.54, 1.807) is 0 Å². The third-order valence-corrected chi connectivity index (χ3v) is 3.74. The van der Waals surface area contributed by atoms with Crippen LogP contribution in [-0.2, 0) is 9.53 Å². The quantitative estimate of drug-likeness (QED) is 0.574. The van der Waals surface area contributed by atoms with Crippen molar-refractivity contribution in [2.45, 2.75) is 69.8 Å². The highest BCUT2D eigenvalue weighted by Gasteiger charge is 2.50. The Labute approximate surface area is 92.4 Å². The highest BCUT2D eigenvalue weighted by Crippen LogP contribution is 2.36. The molecule has 0 aromatic carbocycles. The zero-order valence-corrected chi connectivity index (χ0v) is 9.59. The molecule has 1 aliphatic heterocycles. The zero-order chi connectivity index (χ0) is 10.6. The first kappa shape index (κ1) is 11.1. The lowest BCUT2D eigenvalue weighted by Gasteiger charge is -2.12. The molecule has 1 atom stereocenters. The van der Waals surface area contributed by atoms with Crippen LogP contribution in [-0.4, -0.2) is 18.0 Å². The monoisotopic (exact) mass is 210 g/mol. The van der Waals surface area contributed by atoms with Crippen molar-refractivity contribution in [2.24, 2.45) is 0 Å². The molecule has 86 valence electrons. The Morgan fingerprint density at radius 1 is 0.867 bits per heavy atom. The summed E-state index contributed by atoms with van der Waals surface area (Å²) in [5, 5.41) is 0. The smallest absolute Gasteiger partial charge is 0.167 e. The molecule has 0 amide bonds. The first-order valence-corrected chi connectivity index (χ1v) is 6.51. The number of ether oxygens (including phenoxy) is 1. The topological polar surface area (TPSA) is 29.6 Å². The average Bonchev–Trinajstić information content (AvgIpc) is 3.00. The summed E-state index contributed by atoms with van der Waals surface area (Å²) < 4.78 is 5.40. The van der Waals surface area contributed by atoms with Crippen LogP contribution in [0.1, 0.15) is 64.2 Å². The predicted molar refractivity (Wildman–Crippen MR) is 59.9 cm³/mol. The first-order chi connectivity index (χ1) is 7.33. The van der Waals surface area contributed by atoms with Gasteiger partial charge >= 0.3 is 0 Å². The van der Waals surface area contributed by atoms with Crippen LogP contribution in [0.3, 0.4) is 0 Å². The number of epoxide rings is 1. The Kier molecular flexibility index (Phi) is 3.79. The van der Waals surface area contributed by atoms with Crippen molar-refractivity contribution in [1.29, 1.82) is 0 Å². The molecule has 1 saturated carbocycles. The van der Waals surface area contributed by atoms with Crippen molar-refractivity contribution in [1.82, 2.24) is 0 Å². The van der Waals surface area contributed by atoms with E-state index in [2.05, 4.69) is 0 Å². The van der Waals surface area contributed by atoms with Crippen molar-refractivity contribution in [3.63, 3.8) is 0 Å².